The standard InChI is InChI=1S/C26H29N7O4.ClH/c1-16-11-17(5-6-18(16)13-27-23(34)22-30-25(37-31-22)26(2,3)4)21-20-12-19(14-33(20)29-15-28-21)24(35)32-7-9-36-10-8-32;/h5-6,11-12,14-15H,7-10,13H2,1-4H3,(H,27,34);1H. The zero-order chi connectivity index (χ0) is 26.2. The molecule has 3 aromatic heterocycles. The maximum absolute atomic E-state index is 13.0. The first-order valence-electron chi connectivity index (χ1n) is 12.1. The quantitative estimate of drug-likeness (QED) is 0.409. The van der Waals surface area contributed by atoms with Crippen LogP contribution in [0.5, 0.6) is 0 Å². The number of amides is 2. The number of aryl methyl sites for hydroxylation is 1. The van der Waals surface area contributed by atoms with Crippen molar-refractivity contribution in [1.29, 1.82) is 0 Å². The van der Waals surface area contributed by atoms with E-state index < -0.39 is 5.91 Å². The summed E-state index contributed by atoms with van der Waals surface area (Å²) in [6.07, 6.45) is 3.21. The molecule has 1 saturated heterocycles. The molecule has 0 radical (unpaired) electrons. The van der Waals surface area contributed by atoms with Crippen LogP contribution in [0.25, 0.3) is 16.8 Å². The number of carbonyl (C=O) groups excluding carboxylic acids is 2. The molecule has 0 spiro atoms. The molecule has 38 heavy (non-hydrogen) atoms. The number of hydrogen-bond donors (Lipinski definition) is 1. The molecule has 0 bridgehead atoms. The van der Waals surface area contributed by atoms with Crippen molar-refractivity contribution in [3.05, 3.63) is 65.2 Å². The number of rotatable bonds is 5. The second kappa shape index (κ2) is 10.9. The lowest BCUT2D eigenvalue weighted by molar-refractivity contribution is 0.0303. The molecule has 1 aliphatic rings. The van der Waals surface area contributed by atoms with E-state index in [1.807, 2.05) is 52.0 Å². The Balaban J connectivity index is 0.00000336. The second-order valence-corrected chi connectivity index (χ2v) is 10.1. The molecule has 5 rings (SSSR count). The lowest BCUT2D eigenvalue weighted by Crippen LogP contribution is -2.40. The van der Waals surface area contributed by atoms with Crippen LogP contribution in [0.3, 0.4) is 0 Å². The minimum Gasteiger partial charge on any atom is -0.378 e. The molecule has 2 amide bonds. The summed E-state index contributed by atoms with van der Waals surface area (Å²) in [6.45, 7) is 10.3. The molecule has 0 saturated carbocycles. The van der Waals surface area contributed by atoms with Gasteiger partial charge in [-0.3, -0.25) is 9.59 Å². The topological polar surface area (TPSA) is 128 Å². The monoisotopic (exact) mass is 539 g/mol. The number of nitrogens with one attached hydrogen (secondary N) is 1. The summed E-state index contributed by atoms with van der Waals surface area (Å²) in [5.74, 6) is -0.0168. The molecule has 4 aromatic rings. The lowest BCUT2D eigenvalue weighted by atomic mass is 9.97. The van der Waals surface area contributed by atoms with Gasteiger partial charge >= 0.3 is 0 Å². The predicted octanol–water partition coefficient (Wildman–Crippen LogP) is 3.21. The number of carbonyl (C=O) groups is 2. The van der Waals surface area contributed by atoms with Gasteiger partial charge in [-0.25, -0.2) is 9.50 Å². The summed E-state index contributed by atoms with van der Waals surface area (Å²) < 4.78 is 12.2. The van der Waals surface area contributed by atoms with Gasteiger partial charge < -0.3 is 19.5 Å². The van der Waals surface area contributed by atoms with Gasteiger partial charge in [0.05, 0.1) is 30.0 Å². The van der Waals surface area contributed by atoms with Crippen LogP contribution in [-0.2, 0) is 16.7 Å². The highest BCUT2D eigenvalue weighted by Gasteiger charge is 2.24. The highest BCUT2D eigenvalue weighted by atomic mass is 35.5. The summed E-state index contributed by atoms with van der Waals surface area (Å²) in [5, 5.41) is 10.9. The number of hydrogen-bond acceptors (Lipinski definition) is 8. The number of halogens is 1. The van der Waals surface area contributed by atoms with Gasteiger partial charge in [-0.15, -0.1) is 12.4 Å². The van der Waals surface area contributed by atoms with Crippen LogP contribution in [0.2, 0.25) is 0 Å². The van der Waals surface area contributed by atoms with Crippen LogP contribution in [0, 0.1) is 6.92 Å². The van der Waals surface area contributed by atoms with Crippen molar-refractivity contribution >= 4 is 29.7 Å². The molecular weight excluding hydrogens is 510 g/mol. The number of morpholine rings is 1. The molecule has 1 fully saturated rings. The fraction of sp³-hybridized carbons (Fsp3) is 0.385. The van der Waals surface area contributed by atoms with Gasteiger partial charge in [0, 0.05) is 36.8 Å². The fourth-order valence-electron chi connectivity index (χ4n) is 4.13. The normalized spacial score (nSPS) is 13.8. The molecule has 0 aliphatic carbocycles. The highest BCUT2D eigenvalue weighted by molar-refractivity contribution is 5.97. The summed E-state index contributed by atoms with van der Waals surface area (Å²) in [7, 11) is 0. The van der Waals surface area contributed by atoms with E-state index in [9.17, 15) is 9.59 Å². The number of aromatic nitrogens is 5. The van der Waals surface area contributed by atoms with Gasteiger partial charge in [0.25, 0.3) is 17.6 Å². The zero-order valence-corrected chi connectivity index (χ0v) is 22.5. The first-order valence-corrected chi connectivity index (χ1v) is 12.1. The first kappa shape index (κ1) is 27.2. The molecule has 0 atom stereocenters. The van der Waals surface area contributed by atoms with Crippen LogP contribution < -0.4 is 5.32 Å². The van der Waals surface area contributed by atoms with Gasteiger partial charge in [-0.1, -0.05) is 38.1 Å². The number of benzene rings is 1. The Bertz CT molecular complexity index is 1470. The summed E-state index contributed by atoms with van der Waals surface area (Å²) >= 11 is 0. The van der Waals surface area contributed by atoms with E-state index >= 15 is 0 Å². The van der Waals surface area contributed by atoms with Crippen LogP contribution >= 0.6 is 12.4 Å². The third-order valence-corrected chi connectivity index (χ3v) is 6.28. The van der Waals surface area contributed by atoms with Gasteiger partial charge in [0.2, 0.25) is 5.89 Å². The smallest absolute Gasteiger partial charge is 0.292 e. The van der Waals surface area contributed by atoms with E-state index in [2.05, 4.69) is 25.5 Å². The zero-order valence-electron chi connectivity index (χ0n) is 21.7. The van der Waals surface area contributed by atoms with Crippen molar-refractivity contribution < 1.29 is 18.8 Å². The second-order valence-electron chi connectivity index (χ2n) is 10.1. The van der Waals surface area contributed by atoms with Crippen molar-refractivity contribution in [2.45, 2.75) is 39.7 Å². The van der Waals surface area contributed by atoms with Crippen molar-refractivity contribution in [3.63, 3.8) is 0 Å². The number of ether oxygens (including phenoxy) is 1. The minimum atomic E-state index is -0.397. The van der Waals surface area contributed by atoms with E-state index in [1.54, 1.807) is 15.6 Å². The Morgan fingerprint density at radius 3 is 2.58 bits per heavy atom. The molecule has 12 heteroatoms. The number of fused-ring (bicyclic) bond motifs is 1. The maximum atomic E-state index is 13.0. The Kier molecular flexibility index (Phi) is 7.79. The van der Waals surface area contributed by atoms with E-state index in [0.717, 1.165) is 27.9 Å². The Labute approximate surface area is 226 Å². The Morgan fingerprint density at radius 1 is 1.13 bits per heavy atom. The molecule has 1 N–H and O–H groups in total. The third-order valence-electron chi connectivity index (χ3n) is 6.28. The van der Waals surface area contributed by atoms with Gasteiger partial charge in [0.1, 0.15) is 6.33 Å². The van der Waals surface area contributed by atoms with Crippen LogP contribution in [-0.4, -0.2) is 67.8 Å². The van der Waals surface area contributed by atoms with Crippen molar-refractivity contribution in [3.8, 4) is 11.3 Å². The SMILES string of the molecule is Cc1cc(-c2ncnn3cc(C(=O)N4CCOCC4)cc23)ccc1CNC(=O)c1noc(C(C)(C)C)n1.Cl. The minimum absolute atomic E-state index is 0. The van der Waals surface area contributed by atoms with Gasteiger partial charge in [-0.2, -0.15) is 10.1 Å². The summed E-state index contributed by atoms with van der Waals surface area (Å²) in [6, 6.07) is 7.72. The molecule has 0 unspecified atom stereocenters. The Morgan fingerprint density at radius 2 is 1.89 bits per heavy atom. The molecule has 4 heterocycles. The van der Waals surface area contributed by atoms with E-state index in [0.29, 0.717) is 44.3 Å². The lowest BCUT2D eigenvalue weighted by Gasteiger charge is -2.26. The van der Waals surface area contributed by atoms with Gasteiger partial charge in [-0.05, 0) is 30.2 Å². The highest BCUT2D eigenvalue weighted by Crippen LogP contribution is 2.26. The van der Waals surface area contributed by atoms with Crippen LogP contribution in [0.15, 0.2) is 41.3 Å². The average Bonchev–Trinajstić information content (AvgIpc) is 3.56. The molecule has 200 valence electrons. The molecular formula is C26H30ClN7O4. The fourth-order valence-corrected chi connectivity index (χ4v) is 4.13. The maximum Gasteiger partial charge on any atom is 0.292 e. The van der Waals surface area contributed by atoms with E-state index in [1.165, 1.54) is 6.33 Å². The van der Waals surface area contributed by atoms with Crippen LogP contribution in [0.4, 0.5) is 0 Å². The van der Waals surface area contributed by atoms with E-state index in [-0.39, 0.29) is 29.6 Å². The summed E-state index contributed by atoms with van der Waals surface area (Å²) in [4.78, 5) is 36.0. The van der Waals surface area contributed by atoms with Crippen molar-refractivity contribution in [2.75, 3.05) is 26.3 Å². The van der Waals surface area contributed by atoms with Crippen molar-refractivity contribution in [2.24, 2.45) is 0 Å². The van der Waals surface area contributed by atoms with Gasteiger partial charge in [0.15, 0.2) is 0 Å². The third kappa shape index (κ3) is 5.53. The number of nitrogens with zero attached hydrogens (tertiary/aromatic N) is 6. The largest absolute Gasteiger partial charge is 0.378 e. The molecule has 1 aromatic carbocycles. The summed E-state index contributed by atoms with van der Waals surface area (Å²) in [5.41, 5.74) is 4.50. The van der Waals surface area contributed by atoms with Crippen molar-refractivity contribution in [1.82, 2.24) is 35.0 Å². The average molecular weight is 540 g/mol. The first-order chi connectivity index (χ1) is 17.7. The van der Waals surface area contributed by atoms with Crippen LogP contribution in [0.1, 0.15) is 58.8 Å². The Hall–Kier alpha value is -3.83. The van der Waals surface area contributed by atoms with E-state index in [4.69, 9.17) is 9.26 Å². The molecule has 1 aliphatic heterocycles. The predicted molar refractivity (Wildman–Crippen MR) is 141 cm³/mol. The molecule has 11 nitrogen and oxygen atoms in total.